The fraction of sp³-hybridized carbons (Fsp3) is 0.444. The second-order valence-electron chi connectivity index (χ2n) is 6.04. The Morgan fingerprint density at radius 1 is 1.31 bits per heavy atom. The molecule has 0 aliphatic carbocycles. The van der Waals surface area contributed by atoms with Gasteiger partial charge in [-0.05, 0) is 38.0 Å². The molecule has 1 unspecified atom stereocenters. The number of ether oxygens (including phenoxy) is 2. The summed E-state index contributed by atoms with van der Waals surface area (Å²) in [6.07, 6.45) is 2.70. The quantitative estimate of drug-likeness (QED) is 0.750. The Kier molecular flexibility index (Phi) is 5.50. The number of carbonyl (C=O) groups is 3. The number of oxazole rings is 1. The molecule has 1 aliphatic heterocycles. The molecule has 1 aliphatic rings. The first-order valence-electron chi connectivity index (χ1n) is 8.53. The molecule has 8 heteroatoms. The lowest BCUT2D eigenvalue weighted by molar-refractivity contribution is -0.151. The van der Waals surface area contributed by atoms with Crippen molar-refractivity contribution in [3.05, 3.63) is 30.2 Å². The molecule has 0 radical (unpaired) electrons. The van der Waals surface area contributed by atoms with Crippen molar-refractivity contribution in [2.45, 2.75) is 19.8 Å². The van der Waals surface area contributed by atoms with Crippen molar-refractivity contribution >= 4 is 28.9 Å². The normalized spacial score (nSPS) is 17.1. The zero-order chi connectivity index (χ0) is 18.5. The van der Waals surface area contributed by atoms with Crippen molar-refractivity contribution in [3.8, 4) is 0 Å². The summed E-state index contributed by atoms with van der Waals surface area (Å²) in [4.78, 5) is 41.8. The summed E-state index contributed by atoms with van der Waals surface area (Å²) in [5.41, 5.74) is 1.39. The number of esters is 2. The number of fused-ring (bicyclic) bond motifs is 1. The summed E-state index contributed by atoms with van der Waals surface area (Å²) in [5, 5.41) is 0. The second-order valence-corrected chi connectivity index (χ2v) is 6.04. The zero-order valence-corrected chi connectivity index (χ0v) is 14.5. The Bertz CT molecular complexity index is 815. The minimum absolute atomic E-state index is 0.282. The van der Waals surface area contributed by atoms with E-state index in [2.05, 4.69) is 4.98 Å². The van der Waals surface area contributed by atoms with E-state index in [0.717, 1.165) is 0 Å². The molecular weight excluding hydrogens is 340 g/mol. The lowest BCUT2D eigenvalue weighted by Gasteiger charge is -2.31. The van der Waals surface area contributed by atoms with Crippen LogP contribution in [0.1, 0.15) is 30.1 Å². The summed E-state index contributed by atoms with van der Waals surface area (Å²) in [7, 11) is 0. The number of piperidine rings is 1. The SMILES string of the molecule is CCOC(=O)C1CCCN(C(=O)COC(=O)c2ccc3ncoc3c2)C1. The molecule has 2 heterocycles. The van der Waals surface area contributed by atoms with Gasteiger partial charge in [-0.3, -0.25) is 9.59 Å². The fourth-order valence-corrected chi connectivity index (χ4v) is 2.94. The average Bonchev–Trinajstić information content (AvgIpc) is 3.14. The molecule has 0 spiro atoms. The van der Waals surface area contributed by atoms with Gasteiger partial charge in [0, 0.05) is 13.1 Å². The van der Waals surface area contributed by atoms with E-state index in [9.17, 15) is 14.4 Å². The molecule has 1 aromatic heterocycles. The topological polar surface area (TPSA) is 98.9 Å². The van der Waals surface area contributed by atoms with Crippen LogP contribution in [0.4, 0.5) is 0 Å². The highest BCUT2D eigenvalue weighted by Crippen LogP contribution is 2.19. The highest BCUT2D eigenvalue weighted by atomic mass is 16.5. The van der Waals surface area contributed by atoms with Crippen molar-refractivity contribution < 1.29 is 28.3 Å². The molecule has 0 saturated carbocycles. The van der Waals surface area contributed by atoms with Gasteiger partial charge in [0.2, 0.25) is 0 Å². The first-order valence-corrected chi connectivity index (χ1v) is 8.53. The predicted molar refractivity (Wildman–Crippen MR) is 90.2 cm³/mol. The maximum Gasteiger partial charge on any atom is 0.338 e. The van der Waals surface area contributed by atoms with Gasteiger partial charge in [-0.1, -0.05) is 0 Å². The second kappa shape index (κ2) is 7.99. The Labute approximate surface area is 150 Å². The van der Waals surface area contributed by atoms with E-state index in [-0.39, 0.29) is 30.0 Å². The van der Waals surface area contributed by atoms with E-state index < -0.39 is 5.97 Å². The zero-order valence-electron chi connectivity index (χ0n) is 14.5. The van der Waals surface area contributed by atoms with Crippen molar-refractivity contribution in [3.63, 3.8) is 0 Å². The van der Waals surface area contributed by atoms with Crippen LogP contribution in [0.5, 0.6) is 0 Å². The van der Waals surface area contributed by atoms with Gasteiger partial charge >= 0.3 is 11.9 Å². The Balaban J connectivity index is 1.54. The number of carbonyl (C=O) groups excluding carboxylic acids is 3. The van der Waals surface area contributed by atoms with Gasteiger partial charge in [-0.2, -0.15) is 0 Å². The van der Waals surface area contributed by atoms with Crippen LogP contribution in [-0.4, -0.2) is 54.0 Å². The van der Waals surface area contributed by atoms with E-state index in [1.54, 1.807) is 19.1 Å². The maximum atomic E-state index is 12.3. The van der Waals surface area contributed by atoms with Gasteiger partial charge in [-0.15, -0.1) is 0 Å². The summed E-state index contributed by atoms with van der Waals surface area (Å²) in [5.74, 6) is -1.55. The van der Waals surface area contributed by atoms with E-state index in [4.69, 9.17) is 13.9 Å². The maximum absolute atomic E-state index is 12.3. The molecule has 26 heavy (non-hydrogen) atoms. The number of amides is 1. The molecule has 1 atom stereocenters. The molecule has 2 aromatic rings. The number of hydrogen-bond acceptors (Lipinski definition) is 7. The molecule has 1 fully saturated rings. The lowest BCUT2D eigenvalue weighted by atomic mass is 9.98. The van der Waals surface area contributed by atoms with Crippen molar-refractivity contribution in [2.24, 2.45) is 5.92 Å². The standard InChI is InChI=1S/C18H20N2O6/c1-2-24-18(23)13-4-3-7-20(9-13)16(21)10-25-17(22)12-5-6-14-15(8-12)26-11-19-14/h5-6,8,11,13H,2-4,7,9-10H2,1H3. The van der Waals surface area contributed by atoms with Crippen LogP contribution in [-0.2, 0) is 19.1 Å². The Hall–Kier alpha value is -2.90. The highest BCUT2D eigenvalue weighted by molar-refractivity contribution is 5.94. The third-order valence-electron chi connectivity index (χ3n) is 4.29. The number of nitrogens with zero attached hydrogens (tertiary/aromatic N) is 2. The summed E-state index contributed by atoms with van der Waals surface area (Å²) in [6, 6.07) is 4.73. The van der Waals surface area contributed by atoms with Gasteiger partial charge in [0.1, 0.15) is 5.52 Å². The molecule has 1 aromatic carbocycles. The number of likely N-dealkylation sites (tertiary alicyclic amines) is 1. The smallest absolute Gasteiger partial charge is 0.338 e. The molecule has 138 valence electrons. The van der Waals surface area contributed by atoms with Crippen LogP contribution in [0.2, 0.25) is 0 Å². The number of hydrogen-bond donors (Lipinski definition) is 0. The van der Waals surface area contributed by atoms with E-state index in [0.29, 0.717) is 43.6 Å². The van der Waals surface area contributed by atoms with Crippen LogP contribution >= 0.6 is 0 Å². The number of aromatic nitrogens is 1. The van der Waals surface area contributed by atoms with Gasteiger partial charge in [0.25, 0.3) is 5.91 Å². The van der Waals surface area contributed by atoms with Crippen LogP contribution in [0, 0.1) is 5.92 Å². The van der Waals surface area contributed by atoms with E-state index in [1.807, 2.05) is 0 Å². The Morgan fingerprint density at radius 3 is 2.96 bits per heavy atom. The predicted octanol–water partition coefficient (Wildman–Crippen LogP) is 1.79. The van der Waals surface area contributed by atoms with E-state index in [1.165, 1.54) is 17.4 Å². The molecule has 1 amide bonds. The monoisotopic (exact) mass is 360 g/mol. The summed E-state index contributed by atoms with van der Waals surface area (Å²) < 4.78 is 15.3. The minimum atomic E-state index is -0.615. The molecule has 8 nitrogen and oxygen atoms in total. The van der Waals surface area contributed by atoms with Gasteiger partial charge in [-0.25, -0.2) is 9.78 Å². The third-order valence-corrected chi connectivity index (χ3v) is 4.29. The third kappa shape index (κ3) is 4.01. The molecule has 0 bridgehead atoms. The van der Waals surface area contributed by atoms with Crippen molar-refractivity contribution in [1.29, 1.82) is 0 Å². The summed E-state index contributed by atoms with van der Waals surface area (Å²) >= 11 is 0. The number of benzene rings is 1. The van der Waals surface area contributed by atoms with Crippen LogP contribution in [0.25, 0.3) is 11.1 Å². The minimum Gasteiger partial charge on any atom is -0.466 e. The average molecular weight is 360 g/mol. The van der Waals surface area contributed by atoms with Gasteiger partial charge < -0.3 is 18.8 Å². The molecule has 3 rings (SSSR count). The molecule has 0 N–H and O–H groups in total. The number of rotatable bonds is 5. The Morgan fingerprint density at radius 2 is 2.15 bits per heavy atom. The van der Waals surface area contributed by atoms with Crippen LogP contribution in [0.15, 0.2) is 29.0 Å². The van der Waals surface area contributed by atoms with Gasteiger partial charge in [0.15, 0.2) is 18.6 Å². The van der Waals surface area contributed by atoms with Crippen molar-refractivity contribution in [1.82, 2.24) is 9.88 Å². The van der Waals surface area contributed by atoms with Crippen LogP contribution < -0.4 is 0 Å². The molecule has 1 saturated heterocycles. The highest BCUT2D eigenvalue weighted by Gasteiger charge is 2.29. The van der Waals surface area contributed by atoms with Crippen LogP contribution in [0.3, 0.4) is 0 Å². The fourth-order valence-electron chi connectivity index (χ4n) is 2.94. The lowest BCUT2D eigenvalue weighted by Crippen LogP contribution is -2.44. The first-order chi connectivity index (χ1) is 12.6. The van der Waals surface area contributed by atoms with Crippen molar-refractivity contribution in [2.75, 3.05) is 26.3 Å². The first kappa shape index (κ1) is 17.9. The largest absolute Gasteiger partial charge is 0.466 e. The summed E-state index contributed by atoms with van der Waals surface area (Å²) in [6.45, 7) is 2.52. The molecular formula is C18H20N2O6. The van der Waals surface area contributed by atoms with Gasteiger partial charge in [0.05, 0.1) is 18.1 Å². The van der Waals surface area contributed by atoms with E-state index >= 15 is 0 Å².